The van der Waals surface area contributed by atoms with E-state index in [2.05, 4.69) is 22.9 Å². The molecule has 2 N–H and O–H groups in total. The average Bonchev–Trinajstić information content (AvgIpc) is 2.39. The van der Waals surface area contributed by atoms with Crippen molar-refractivity contribution in [2.75, 3.05) is 26.2 Å². The molecule has 2 unspecified atom stereocenters. The minimum Gasteiger partial charge on any atom is -0.374 e. The van der Waals surface area contributed by atoms with E-state index in [0.717, 1.165) is 37.5 Å². The maximum absolute atomic E-state index is 6.29. The fraction of sp³-hybridized carbons (Fsp3) is 0.643. The number of aryl methyl sites for hydroxylation is 1. The number of nitrogens with zero attached hydrogens (tertiary/aromatic N) is 2. The number of pyridine rings is 1. The Morgan fingerprint density at radius 3 is 3.06 bits per heavy atom. The third-order valence-corrected chi connectivity index (χ3v) is 3.44. The molecule has 1 aromatic heterocycles. The van der Waals surface area contributed by atoms with Crippen molar-refractivity contribution in [3.05, 3.63) is 29.6 Å². The van der Waals surface area contributed by atoms with Crippen LogP contribution < -0.4 is 5.73 Å². The normalized spacial score (nSPS) is 22.9. The molecule has 0 aliphatic carbocycles. The Bertz CT molecular complexity index is 364. The van der Waals surface area contributed by atoms with Crippen LogP contribution in [0.4, 0.5) is 0 Å². The summed E-state index contributed by atoms with van der Waals surface area (Å²) in [7, 11) is 0. The van der Waals surface area contributed by atoms with Crippen LogP contribution in [0.15, 0.2) is 18.3 Å². The highest BCUT2D eigenvalue weighted by Gasteiger charge is 2.26. The van der Waals surface area contributed by atoms with E-state index in [1.807, 2.05) is 19.2 Å². The summed E-state index contributed by atoms with van der Waals surface area (Å²) in [6, 6.07) is 3.97. The maximum Gasteiger partial charge on any atom is 0.0895 e. The van der Waals surface area contributed by atoms with Gasteiger partial charge in [0.05, 0.1) is 18.8 Å². The molecule has 0 aromatic carbocycles. The standard InChI is InChI=1S/C14H23N3O/c1-3-6-17-7-8-18-13(10-17)14(15)12-5-4-11(2)16-9-12/h4-5,9,13-14H,3,6-8,10,15H2,1-2H3. The topological polar surface area (TPSA) is 51.4 Å². The first-order valence-corrected chi connectivity index (χ1v) is 6.72. The quantitative estimate of drug-likeness (QED) is 0.878. The second kappa shape index (κ2) is 6.27. The Labute approximate surface area is 109 Å². The van der Waals surface area contributed by atoms with Crippen molar-refractivity contribution >= 4 is 0 Å². The van der Waals surface area contributed by atoms with Gasteiger partial charge in [-0.05, 0) is 31.5 Å². The van der Waals surface area contributed by atoms with Gasteiger partial charge in [0.25, 0.3) is 0 Å². The molecule has 1 aromatic rings. The first kappa shape index (κ1) is 13.5. The van der Waals surface area contributed by atoms with E-state index in [9.17, 15) is 0 Å². The molecule has 0 spiro atoms. The van der Waals surface area contributed by atoms with Gasteiger partial charge >= 0.3 is 0 Å². The van der Waals surface area contributed by atoms with Crippen LogP contribution >= 0.6 is 0 Å². The minimum atomic E-state index is -0.0854. The van der Waals surface area contributed by atoms with E-state index < -0.39 is 0 Å². The third kappa shape index (κ3) is 3.28. The Morgan fingerprint density at radius 2 is 2.39 bits per heavy atom. The molecule has 0 bridgehead atoms. The molecule has 0 saturated carbocycles. The lowest BCUT2D eigenvalue weighted by Crippen LogP contribution is -2.47. The van der Waals surface area contributed by atoms with Crippen LogP contribution in [0.25, 0.3) is 0 Å². The van der Waals surface area contributed by atoms with Crippen molar-refractivity contribution < 1.29 is 4.74 Å². The van der Waals surface area contributed by atoms with Gasteiger partial charge in [0.1, 0.15) is 0 Å². The Hall–Kier alpha value is -0.970. The predicted molar refractivity (Wildman–Crippen MR) is 72.4 cm³/mol. The summed E-state index contributed by atoms with van der Waals surface area (Å²) >= 11 is 0. The number of hydrogen-bond acceptors (Lipinski definition) is 4. The summed E-state index contributed by atoms with van der Waals surface area (Å²) in [4.78, 5) is 6.73. The zero-order chi connectivity index (χ0) is 13.0. The van der Waals surface area contributed by atoms with Crippen LogP contribution in [0, 0.1) is 6.92 Å². The Kier molecular flexibility index (Phi) is 4.69. The van der Waals surface area contributed by atoms with Crippen LogP contribution in [-0.4, -0.2) is 42.2 Å². The van der Waals surface area contributed by atoms with Gasteiger partial charge in [-0.1, -0.05) is 13.0 Å². The highest BCUT2D eigenvalue weighted by molar-refractivity contribution is 5.18. The fourth-order valence-electron chi connectivity index (χ4n) is 2.36. The van der Waals surface area contributed by atoms with Crippen molar-refractivity contribution in [2.45, 2.75) is 32.4 Å². The first-order valence-electron chi connectivity index (χ1n) is 6.72. The second-order valence-electron chi connectivity index (χ2n) is 4.97. The van der Waals surface area contributed by atoms with Crippen molar-refractivity contribution in [1.82, 2.24) is 9.88 Å². The van der Waals surface area contributed by atoms with E-state index >= 15 is 0 Å². The number of morpholine rings is 1. The second-order valence-corrected chi connectivity index (χ2v) is 4.97. The van der Waals surface area contributed by atoms with Crippen LogP contribution in [0.2, 0.25) is 0 Å². The molecular formula is C14H23N3O. The highest BCUT2D eigenvalue weighted by atomic mass is 16.5. The number of nitrogens with two attached hydrogens (primary N) is 1. The van der Waals surface area contributed by atoms with E-state index in [1.54, 1.807) is 0 Å². The molecule has 1 fully saturated rings. The van der Waals surface area contributed by atoms with Gasteiger partial charge in [-0.3, -0.25) is 9.88 Å². The summed E-state index contributed by atoms with van der Waals surface area (Å²) in [6.07, 6.45) is 3.12. The molecule has 2 atom stereocenters. The molecular weight excluding hydrogens is 226 g/mol. The molecule has 100 valence electrons. The van der Waals surface area contributed by atoms with Crippen molar-refractivity contribution in [1.29, 1.82) is 0 Å². The molecule has 1 aliphatic rings. The number of ether oxygens (including phenoxy) is 1. The van der Waals surface area contributed by atoms with Gasteiger partial charge < -0.3 is 10.5 Å². The minimum absolute atomic E-state index is 0.0785. The number of hydrogen-bond donors (Lipinski definition) is 1. The fourth-order valence-corrected chi connectivity index (χ4v) is 2.36. The lowest BCUT2D eigenvalue weighted by atomic mass is 10.0. The van der Waals surface area contributed by atoms with Gasteiger partial charge in [0.2, 0.25) is 0 Å². The van der Waals surface area contributed by atoms with Gasteiger partial charge in [-0.2, -0.15) is 0 Å². The predicted octanol–water partition coefficient (Wildman–Crippen LogP) is 1.50. The van der Waals surface area contributed by atoms with E-state index in [1.165, 1.54) is 6.42 Å². The molecule has 18 heavy (non-hydrogen) atoms. The smallest absolute Gasteiger partial charge is 0.0895 e. The van der Waals surface area contributed by atoms with Crippen LogP contribution in [0.5, 0.6) is 0 Å². The molecule has 1 saturated heterocycles. The molecule has 0 radical (unpaired) electrons. The summed E-state index contributed by atoms with van der Waals surface area (Å²) in [5, 5.41) is 0. The van der Waals surface area contributed by atoms with Gasteiger partial charge in [-0.15, -0.1) is 0 Å². The Balaban J connectivity index is 1.99. The van der Waals surface area contributed by atoms with Gasteiger partial charge in [-0.25, -0.2) is 0 Å². The zero-order valence-corrected chi connectivity index (χ0v) is 11.3. The SMILES string of the molecule is CCCN1CCOC(C(N)c2ccc(C)nc2)C1. The largest absolute Gasteiger partial charge is 0.374 e. The van der Waals surface area contributed by atoms with Crippen LogP contribution in [0.3, 0.4) is 0 Å². The Morgan fingerprint density at radius 1 is 1.56 bits per heavy atom. The zero-order valence-electron chi connectivity index (χ0n) is 11.3. The summed E-state index contributed by atoms with van der Waals surface area (Å²) in [5.41, 5.74) is 8.36. The average molecular weight is 249 g/mol. The molecule has 4 nitrogen and oxygen atoms in total. The molecule has 4 heteroatoms. The van der Waals surface area contributed by atoms with E-state index in [-0.39, 0.29) is 12.1 Å². The van der Waals surface area contributed by atoms with Gasteiger partial charge in [0.15, 0.2) is 0 Å². The van der Waals surface area contributed by atoms with Crippen LogP contribution in [0.1, 0.15) is 30.6 Å². The maximum atomic E-state index is 6.29. The first-order chi connectivity index (χ1) is 8.70. The summed E-state index contributed by atoms with van der Waals surface area (Å²) in [5.74, 6) is 0. The molecule has 2 heterocycles. The monoisotopic (exact) mass is 249 g/mol. The van der Waals surface area contributed by atoms with Gasteiger partial charge in [0, 0.05) is 25.0 Å². The van der Waals surface area contributed by atoms with Crippen molar-refractivity contribution in [2.24, 2.45) is 5.73 Å². The molecule has 0 amide bonds. The number of aromatic nitrogens is 1. The van der Waals surface area contributed by atoms with E-state index in [0.29, 0.717) is 0 Å². The third-order valence-electron chi connectivity index (χ3n) is 3.44. The lowest BCUT2D eigenvalue weighted by Gasteiger charge is -2.35. The summed E-state index contributed by atoms with van der Waals surface area (Å²) in [6.45, 7) is 8.02. The van der Waals surface area contributed by atoms with E-state index in [4.69, 9.17) is 10.5 Å². The number of rotatable bonds is 4. The van der Waals surface area contributed by atoms with Crippen molar-refractivity contribution in [3.63, 3.8) is 0 Å². The highest BCUT2D eigenvalue weighted by Crippen LogP contribution is 2.19. The van der Waals surface area contributed by atoms with Crippen molar-refractivity contribution in [3.8, 4) is 0 Å². The summed E-state index contributed by atoms with van der Waals surface area (Å²) < 4.78 is 5.81. The molecule has 2 rings (SSSR count). The lowest BCUT2D eigenvalue weighted by molar-refractivity contribution is -0.0408. The molecule has 1 aliphatic heterocycles. The van der Waals surface area contributed by atoms with Crippen LogP contribution in [-0.2, 0) is 4.74 Å².